The SMILES string of the molecule is O=C(c1ccc(F)cc1)N1CC[NH+](Cc2cccc(F)c2)CC1. The predicted molar refractivity (Wildman–Crippen MR) is 83.1 cm³/mol. The number of quaternary nitrogens is 1. The van der Waals surface area contributed by atoms with E-state index in [9.17, 15) is 13.6 Å². The smallest absolute Gasteiger partial charge is 0.254 e. The molecule has 2 aromatic carbocycles. The number of piperazine rings is 1. The van der Waals surface area contributed by atoms with Gasteiger partial charge < -0.3 is 9.80 Å². The highest BCUT2D eigenvalue weighted by molar-refractivity contribution is 5.94. The summed E-state index contributed by atoms with van der Waals surface area (Å²) >= 11 is 0. The molecule has 0 atom stereocenters. The summed E-state index contributed by atoms with van der Waals surface area (Å²) in [4.78, 5) is 15.5. The van der Waals surface area contributed by atoms with Crippen molar-refractivity contribution in [3.63, 3.8) is 0 Å². The van der Waals surface area contributed by atoms with E-state index in [4.69, 9.17) is 0 Å². The van der Waals surface area contributed by atoms with Gasteiger partial charge in [-0.15, -0.1) is 0 Å². The molecule has 1 amide bonds. The minimum atomic E-state index is -0.342. The minimum absolute atomic E-state index is 0.0604. The second-order valence-electron chi connectivity index (χ2n) is 5.86. The molecule has 0 bridgehead atoms. The van der Waals surface area contributed by atoms with Crippen LogP contribution in [0.1, 0.15) is 15.9 Å². The van der Waals surface area contributed by atoms with Crippen molar-refractivity contribution in [2.45, 2.75) is 6.54 Å². The van der Waals surface area contributed by atoms with E-state index in [1.54, 1.807) is 17.0 Å². The van der Waals surface area contributed by atoms with Crippen LogP contribution in [0.3, 0.4) is 0 Å². The maximum atomic E-state index is 13.2. The van der Waals surface area contributed by atoms with Gasteiger partial charge in [0.1, 0.15) is 18.2 Å². The number of hydrogen-bond donors (Lipinski definition) is 1. The molecular weight excluding hydrogens is 298 g/mol. The number of halogens is 2. The van der Waals surface area contributed by atoms with Crippen LogP contribution < -0.4 is 4.90 Å². The van der Waals surface area contributed by atoms with Crippen molar-refractivity contribution in [1.29, 1.82) is 0 Å². The zero-order valence-electron chi connectivity index (χ0n) is 12.8. The van der Waals surface area contributed by atoms with E-state index < -0.39 is 0 Å². The standard InChI is InChI=1S/C18H18F2N2O/c19-16-6-4-15(5-7-16)18(23)22-10-8-21(9-11-22)13-14-2-1-3-17(20)12-14/h1-7,12H,8-11,13H2/p+1. The molecule has 5 heteroatoms. The van der Waals surface area contributed by atoms with Crippen LogP contribution in [0.2, 0.25) is 0 Å². The summed E-state index contributed by atoms with van der Waals surface area (Å²) in [7, 11) is 0. The number of benzene rings is 2. The summed E-state index contributed by atoms with van der Waals surface area (Å²) < 4.78 is 26.1. The zero-order valence-corrected chi connectivity index (χ0v) is 12.8. The first kappa shape index (κ1) is 15.6. The fourth-order valence-corrected chi connectivity index (χ4v) is 2.91. The molecule has 1 aliphatic heterocycles. The first-order valence-electron chi connectivity index (χ1n) is 7.75. The molecule has 1 saturated heterocycles. The summed E-state index contributed by atoms with van der Waals surface area (Å²) in [6.45, 7) is 3.71. The number of rotatable bonds is 3. The molecule has 0 saturated carbocycles. The van der Waals surface area contributed by atoms with E-state index in [2.05, 4.69) is 0 Å². The van der Waals surface area contributed by atoms with Gasteiger partial charge in [-0.2, -0.15) is 0 Å². The first-order valence-corrected chi connectivity index (χ1v) is 7.75. The second kappa shape index (κ2) is 6.87. The Morgan fingerprint density at radius 3 is 2.35 bits per heavy atom. The fourth-order valence-electron chi connectivity index (χ4n) is 2.91. The number of carbonyl (C=O) groups excluding carboxylic acids is 1. The van der Waals surface area contributed by atoms with Crippen LogP contribution in [0.25, 0.3) is 0 Å². The number of nitrogens with zero attached hydrogens (tertiary/aromatic N) is 1. The Hall–Kier alpha value is -2.27. The maximum Gasteiger partial charge on any atom is 0.254 e. The normalized spacial score (nSPS) is 15.7. The van der Waals surface area contributed by atoms with E-state index in [0.717, 1.165) is 25.2 Å². The van der Waals surface area contributed by atoms with Crippen molar-refractivity contribution >= 4 is 5.91 Å². The van der Waals surface area contributed by atoms with Crippen molar-refractivity contribution in [3.05, 3.63) is 71.3 Å². The van der Waals surface area contributed by atoms with Gasteiger partial charge >= 0.3 is 0 Å². The van der Waals surface area contributed by atoms with Crippen molar-refractivity contribution in [2.24, 2.45) is 0 Å². The topological polar surface area (TPSA) is 24.8 Å². The van der Waals surface area contributed by atoms with Gasteiger partial charge in [-0.05, 0) is 36.4 Å². The van der Waals surface area contributed by atoms with Gasteiger partial charge in [-0.1, -0.05) is 12.1 Å². The highest BCUT2D eigenvalue weighted by Gasteiger charge is 2.24. The van der Waals surface area contributed by atoms with Crippen molar-refractivity contribution in [1.82, 2.24) is 4.90 Å². The Kier molecular flexibility index (Phi) is 4.67. The van der Waals surface area contributed by atoms with Gasteiger partial charge in [0, 0.05) is 11.1 Å². The summed E-state index contributed by atoms with van der Waals surface area (Å²) in [6.07, 6.45) is 0. The largest absolute Gasteiger partial charge is 0.328 e. The van der Waals surface area contributed by atoms with Gasteiger partial charge in [-0.25, -0.2) is 8.78 Å². The molecule has 0 unspecified atom stereocenters. The number of carbonyl (C=O) groups is 1. The lowest BCUT2D eigenvalue weighted by atomic mass is 10.1. The Morgan fingerprint density at radius 2 is 1.70 bits per heavy atom. The van der Waals surface area contributed by atoms with Crippen molar-refractivity contribution in [2.75, 3.05) is 26.2 Å². The molecule has 1 N–H and O–H groups in total. The lowest BCUT2D eigenvalue weighted by molar-refractivity contribution is -0.917. The van der Waals surface area contributed by atoms with Crippen LogP contribution in [0.5, 0.6) is 0 Å². The molecule has 23 heavy (non-hydrogen) atoms. The van der Waals surface area contributed by atoms with Crippen LogP contribution in [0.15, 0.2) is 48.5 Å². The fraction of sp³-hybridized carbons (Fsp3) is 0.278. The molecule has 0 spiro atoms. The molecule has 120 valence electrons. The second-order valence-corrected chi connectivity index (χ2v) is 5.86. The third kappa shape index (κ3) is 3.93. The third-order valence-electron chi connectivity index (χ3n) is 4.19. The summed E-state index contributed by atoms with van der Waals surface area (Å²) in [5.41, 5.74) is 1.48. The van der Waals surface area contributed by atoms with Crippen LogP contribution in [0.4, 0.5) is 8.78 Å². The van der Waals surface area contributed by atoms with Crippen LogP contribution in [-0.2, 0) is 6.54 Å². The van der Waals surface area contributed by atoms with Crippen LogP contribution in [0, 0.1) is 11.6 Å². The average Bonchev–Trinajstić information content (AvgIpc) is 2.56. The van der Waals surface area contributed by atoms with Crippen LogP contribution in [-0.4, -0.2) is 37.0 Å². The number of amides is 1. The molecule has 0 aliphatic carbocycles. The Balaban J connectivity index is 1.55. The van der Waals surface area contributed by atoms with Gasteiger partial charge in [0.2, 0.25) is 0 Å². The zero-order chi connectivity index (χ0) is 16.2. The molecule has 0 radical (unpaired) electrons. The van der Waals surface area contributed by atoms with Gasteiger partial charge in [0.05, 0.1) is 26.2 Å². The lowest BCUT2D eigenvalue weighted by Crippen LogP contribution is -3.13. The quantitative estimate of drug-likeness (QED) is 0.912. The predicted octanol–water partition coefficient (Wildman–Crippen LogP) is 1.51. The van der Waals surface area contributed by atoms with E-state index in [0.29, 0.717) is 18.7 Å². The van der Waals surface area contributed by atoms with Gasteiger partial charge in [0.15, 0.2) is 0 Å². The minimum Gasteiger partial charge on any atom is -0.328 e. The first-order chi connectivity index (χ1) is 11.1. The van der Waals surface area contributed by atoms with E-state index in [1.165, 1.54) is 35.2 Å². The van der Waals surface area contributed by atoms with Gasteiger partial charge in [-0.3, -0.25) is 4.79 Å². The van der Waals surface area contributed by atoms with E-state index in [1.807, 2.05) is 6.07 Å². The molecule has 1 fully saturated rings. The Labute approximate surface area is 134 Å². The number of hydrogen-bond acceptors (Lipinski definition) is 1. The van der Waals surface area contributed by atoms with Crippen molar-refractivity contribution in [3.8, 4) is 0 Å². The Bertz CT molecular complexity index is 680. The highest BCUT2D eigenvalue weighted by atomic mass is 19.1. The van der Waals surface area contributed by atoms with Gasteiger partial charge in [0.25, 0.3) is 5.91 Å². The molecule has 3 nitrogen and oxygen atoms in total. The lowest BCUT2D eigenvalue weighted by Gasteiger charge is -2.32. The summed E-state index contributed by atoms with van der Waals surface area (Å²) in [5, 5.41) is 0. The molecule has 0 aromatic heterocycles. The average molecular weight is 317 g/mol. The maximum absolute atomic E-state index is 13.2. The molecular formula is C18H19F2N2O+. The molecule has 1 heterocycles. The third-order valence-corrected chi connectivity index (χ3v) is 4.19. The monoisotopic (exact) mass is 317 g/mol. The van der Waals surface area contributed by atoms with Crippen molar-refractivity contribution < 1.29 is 18.5 Å². The van der Waals surface area contributed by atoms with E-state index >= 15 is 0 Å². The summed E-state index contributed by atoms with van der Waals surface area (Å²) in [5.74, 6) is -0.618. The molecule has 2 aromatic rings. The Morgan fingerprint density at radius 1 is 1.00 bits per heavy atom. The molecule has 3 rings (SSSR count). The molecule has 1 aliphatic rings. The number of nitrogens with one attached hydrogen (secondary N) is 1. The highest BCUT2D eigenvalue weighted by Crippen LogP contribution is 2.07. The van der Waals surface area contributed by atoms with E-state index in [-0.39, 0.29) is 17.5 Å². The van der Waals surface area contributed by atoms with Crippen LogP contribution >= 0.6 is 0 Å². The summed E-state index contributed by atoms with van der Waals surface area (Å²) in [6, 6.07) is 12.3.